The normalized spacial score (nSPS) is 13.7. The minimum absolute atomic E-state index is 0.0474. The molecule has 0 aromatic rings. The molecule has 0 aromatic carbocycles. The SMILES string of the molecule is CC/C=C/C/C=C/C/C=C/C/C=C/CCCCCCCCCC(=O)OCC(COCCC(C(=O)O)[N+](C)(C)C)OC(=O)CCCCCCCC/C=C/C/C=C/C/C=C/CC. The van der Waals surface area contributed by atoms with Crippen molar-refractivity contribution in [2.24, 2.45) is 0 Å². The Morgan fingerprint density at radius 1 is 0.500 bits per heavy atom. The van der Waals surface area contributed by atoms with E-state index in [1.54, 1.807) is 0 Å². The van der Waals surface area contributed by atoms with E-state index in [0.717, 1.165) is 103 Å². The lowest BCUT2D eigenvalue weighted by Gasteiger charge is -2.31. The van der Waals surface area contributed by atoms with E-state index in [1.807, 2.05) is 21.1 Å². The first-order valence-electron chi connectivity index (χ1n) is 23.6. The van der Waals surface area contributed by atoms with Crippen molar-refractivity contribution in [2.75, 3.05) is 41.0 Å². The number of allylic oxidation sites excluding steroid dienone is 14. The molecule has 0 aliphatic rings. The highest BCUT2D eigenvalue weighted by molar-refractivity contribution is 5.72. The third kappa shape index (κ3) is 39.9. The Morgan fingerprint density at radius 2 is 0.883 bits per heavy atom. The number of carbonyl (C=O) groups is 3. The van der Waals surface area contributed by atoms with Crippen LogP contribution in [0, 0.1) is 0 Å². The van der Waals surface area contributed by atoms with Gasteiger partial charge in [0, 0.05) is 19.3 Å². The average molecular weight is 839 g/mol. The topological polar surface area (TPSA) is 99.1 Å². The zero-order valence-corrected chi connectivity index (χ0v) is 38.9. The Balaban J connectivity index is 4.34. The number of carboxylic acid groups (broad SMARTS) is 1. The number of quaternary nitrogens is 1. The Morgan fingerprint density at radius 3 is 1.30 bits per heavy atom. The Labute approximate surface area is 367 Å². The number of unbranched alkanes of at least 4 members (excludes halogenated alkanes) is 13. The summed E-state index contributed by atoms with van der Waals surface area (Å²) in [5, 5.41) is 9.64. The van der Waals surface area contributed by atoms with Gasteiger partial charge < -0.3 is 23.8 Å². The number of nitrogens with zero attached hydrogens (tertiary/aromatic N) is 1. The number of hydrogen-bond acceptors (Lipinski definition) is 6. The van der Waals surface area contributed by atoms with Crippen molar-refractivity contribution in [3.63, 3.8) is 0 Å². The Kier molecular flexibility index (Phi) is 39.8. The molecule has 2 unspecified atom stereocenters. The van der Waals surface area contributed by atoms with Crippen LogP contribution < -0.4 is 0 Å². The van der Waals surface area contributed by atoms with Crippen LogP contribution in [-0.4, -0.2) is 80.6 Å². The van der Waals surface area contributed by atoms with Gasteiger partial charge in [-0.2, -0.15) is 0 Å². The minimum Gasteiger partial charge on any atom is -0.477 e. The molecule has 0 rings (SSSR count). The van der Waals surface area contributed by atoms with Gasteiger partial charge in [0.15, 0.2) is 12.1 Å². The summed E-state index contributed by atoms with van der Waals surface area (Å²) >= 11 is 0. The molecule has 0 fully saturated rings. The molecule has 0 saturated heterocycles. The summed E-state index contributed by atoms with van der Waals surface area (Å²) in [5.41, 5.74) is 0. The maximum atomic E-state index is 12.8. The highest BCUT2D eigenvalue weighted by atomic mass is 16.6. The number of aliphatic carboxylic acids is 1. The maximum absolute atomic E-state index is 12.8. The zero-order chi connectivity index (χ0) is 44.2. The number of esters is 2. The van der Waals surface area contributed by atoms with Crippen LogP contribution in [0.5, 0.6) is 0 Å². The maximum Gasteiger partial charge on any atom is 0.362 e. The zero-order valence-electron chi connectivity index (χ0n) is 38.9. The van der Waals surface area contributed by atoms with Crippen molar-refractivity contribution in [1.82, 2.24) is 0 Å². The first kappa shape index (κ1) is 56.5. The molecule has 342 valence electrons. The van der Waals surface area contributed by atoms with Crippen LogP contribution in [0.15, 0.2) is 85.1 Å². The molecule has 0 heterocycles. The van der Waals surface area contributed by atoms with Crippen molar-refractivity contribution >= 4 is 17.9 Å². The Hall–Kier alpha value is -3.49. The number of rotatable bonds is 41. The van der Waals surface area contributed by atoms with Gasteiger partial charge in [0.2, 0.25) is 0 Å². The lowest BCUT2D eigenvalue weighted by atomic mass is 10.1. The summed E-state index contributed by atoms with van der Waals surface area (Å²) in [6, 6.07) is -0.623. The van der Waals surface area contributed by atoms with E-state index >= 15 is 0 Å². The molecule has 0 spiro atoms. The quantitative estimate of drug-likeness (QED) is 0.0283. The minimum atomic E-state index is -0.882. The lowest BCUT2D eigenvalue weighted by Crippen LogP contribution is -2.50. The van der Waals surface area contributed by atoms with Gasteiger partial charge >= 0.3 is 17.9 Å². The van der Waals surface area contributed by atoms with E-state index in [9.17, 15) is 19.5 Å². The van der Waals surface area contributed by atoms with E-state index in [-0.39, 0.29) is 36.2 Å². The van der Waals surface area contributed by atoms with Crippen LogP contribution in [0.1, 0.15) is 174 Å². The van der Waals surface area contributed by atoms with Crippen LogP contribution in [0.25, 0.3) is 0 Å². The molecule has 0 aliphatic carbocycles. The molecule has 0 bridgehead atoms. The van der Waals surface area contributed by atoms with Gasteiger partial charge in [-0.3, -0.25) is 9.59 Å². The second-order valence-corrected chi connectivity index (χ2v) is 16.6. The fourth-order valence-corrected chi connectivity index (χ4v) is 6.45. The van der Waals surface area contributed by atoms with Crippen molar-refractivity contribution in [3.05, 3.63) is 85.1 Å². The predicted octanol–water partition coefficient (Wildman–Crippen LogP) is 13.3. The monoisotopic (exact) mass is 839 g/mol. The van der Waals surface area contributed by atoms with Gasteiger partial charge in [0.05, 0.1) is 34.4 Å². The fourth-order valence-electron chi connectivity index (χ4n) is 6.45. The summed E-state index contributed by atoms with van der Waals surface area (Å²) in [7, 11) is 5.51. The molecule has 0 amide bonds. The van der Waals surface area contributed by atoms with Gasteiger partial charge in [0.25, 0.3) is 0 Å². The van der Waals surface area contributed by atoms with Gasteiger partial charge in [-0.05, 0) is 83.5 Å². The van der Waals surface area contributed by atoms with E-state index in [0.29, 0.717) is 19.3 Å². The molecular weight excluding hydrogens is 751 g/mol. The molecule has 2 atom stereocenters. The van der Waals surface area contributed by atoms with Crippen molar-refractivity contribution < 1.29 is 38.2 Å². The van der Waals surface area contributed by atoms with Crippen LogP contribution in [0.2, 0.25) is 0 Å². The Bertz CT molecular complexity index is 1250. The first-order chi connectivity index (χ1) is 29.1. The molecule has 0 radical (unpaired) electrons. The molecule has 0 aliphatic heterocycles. The number of likely N-dealkylation sites (N-methyl/N-ethyl adjacent to an activating group) is 1. The fraction of sp³-hybridized carbons (Fsp3) is 0.673. The number of hydrogen-bond donors (Lipinski definition) is 1. The summed E-state index contributed by atoms with van der Waals surface area (Å²) in [6.07, 6.45) is 54.8. The molecule has 1 N–H and O–H groups in total. The molecule has 8 nitrogen and oxygen atoms in total. The predicted molar refractivity (Wildman–Crippen MR) is 252 cm³/mol. The van der Waals surface area contributed by atoms with E-state index in [4.69, 9.17) is 14.2 Å². The summed E-state index contributed by atoms with van der Waals surface area (Å²) in [6.45, 7) is 4.48. The van der Waals surface area contributed by atoms with Crippen LogP contribution in [-0.2, 0) is 28.6 Å². The number of ether oxygens (including phenoxy) is 3. The standard InChI is InChI=1S/C52H87NO7/c1-6-8-10-12-14-16-18-20-22-24-25-26-27-29-30-32-34-36-38-40-42-50(54)59-47-48(46-58-45-44-49(52(56)57)53(3,4)5)60-51(55)43-41-39-37-35-33-31-28-23-21-19-17-15-13-11-9-7-2/h8-11,14-17,20-23,25-26,48-49H,6-7,12-13,18-19,24,27-47H2,1-5H3/p+1/b10-8+,11-9+,16-14+,17-15+,22-20+,23-21+,26-25+. The smallest absolute Gasteiger partial charge is 0.362 e. The molecule has 0 aromatic heterocycles. The highest BCUT2D eigenvalue weighted by Crippen LogP contribution is 2.14. The van der Waals surface area contributed by atoms with Gasteiger partial charge in [-0.15, -0.1) is 0 Å². The lowest BCUT2D eigenvalue weighted by molar-refractivity contribution is -0.887. The highest BCUT2D eigenvalue weighted by Gasteiger charge is 2.31. The van der Waals surface area contributed by atoms with Crippen LogP contribution >= 0.6 is 0 Å². The second kappa shape index (κ2) is 42.2. The molecule has 8 heteroatoms. The molecule has 0 saturated carbocycles. The molecule has 60 heavy (non-hydrogen) atoms. The summed E-state index contributed by atoms with van der Waals surface area (Å²) < 4.78 is 17.3. The van der Waals surface area contributed by atoms with Gasteiger partial charge in [0.1, 0.15) is 6.61 Å². The van der Waals surface area contributed by atoms with Crippen LogP contribution in [0.3, 0.4) is 0 Å². The number of carboxylic acids is 1. The summed E-state index contributed by atoms with van der Waals surface area (Å²) in [4.78, 5) is 37.1. The van der Waals surface area contributed by atoms with E-state index < -0.39 is 18.1 Å². The molecular formula is C52H88NO7+. The van der Waals surface area contributed by atoms with Gasteiger partial charge in [-0.25, -0.2) is 4.79 Å². The number of carbonyl (C=O) groups excluding carboxylic acids is 2. The largest absolute Gasteiger partial charge is 0.477 e. The van der Waals surface area contributed by atoms with Gasteiger partial charge in [-0.1, -0.05) is 157 Å². The third-order valence-corrected chi connectivity index (χ3v) is 10.0. The van der Waals surface area contributed by atoms with Crippen molar-refractivity contribution in [2.45, 2.75) is 187 Å². The summed E-state index contributed by atoms with van der Waals surface area (Å²) in [5.74, 6) is -1.51. The first-order valence-corrected chi connectivity index (χ1v) is 23.6. The van der Waals surface area contributed by atoms with Crippen molar-refractivity contribution in [1.29, 1.82) is 0 Å². The van der Waals surface area contributed by atoms with E-state index in [1.165, 1.54) is 38.5 Å². The van der Waals surface area contributed by atoms with E-state index in [2.05, 4.69) is 98.9 Å². The van der Waals surface area contributed by atoms with Crippen LogP contribution in [0.4, 0.5) is 0 Å². The van der Waals surface area contributed by atoms with Crippen molar-refractivity contribution in [3.8, 4) is 0 Å². The second-order valence-electron chi connectivity index (χ2n) is 16.6. The third-order valence-electron chi connectivity index (χ3n) is 10.0. The average Bonchev–Trinajstić information content (AvgIpc) is 3.21.